The molecule has 2 aliphatic heterocycles. The first kappa shape index (κ1) is 26.1. The molecule has 0 aliphatic carbocycles. The third-order valence-electron chi connectivity index (χ3n) is 6.56. The molecule has 2 aliphatic rings. The number of ether oxygens (including phenoxy) is 4. The molecule has 4 aromatic rings. The lowest BCUT2D eigenvalue weighted by Crippen LogP contribution is -2.40. The van der Waals surface area contributed by atoms with Crippen molar-refractivity contribution < 1.29 is 23.7 Å². The van der Waals surface area contributed by atoms with Crippen molar-refractivity contribution >= 4 is 45.0 Å². The second-order valence-corrected chi connectivity index (χ2v) is 10.9. The Labute approximate surface area is 241 Å². The predicted octanol–water partition coefficient (Wildman–Crippen LogP) is 4.44. The van der Waals surface area contributed by atoms with E-state index >= 15 is 0 Å². The van der Waals surface area contributed by atoms with Gasteiger partial charge in [0.2, 0.25) is 6.79 Å². The number of carbonyl (C=O) groups excluding carboxylic acids is 1. The predicted molar refractivity (Wildman–Crippen MR) is 154 cm³/mol. The minimum atomic E-state index is -0.813. The van der Waals surface area contributed by atoms with E-state index in [-0.39, 0.29) is 24.5 Å². The molecule has 6 rings (SSSR count). The van der Waals surface area contributed by atoms with E-state index in [2.05, 4.69) is 15.9 Å². The van der Waals surface area contributed by atoms with Crippen molar-refractivity contribution in [3.8, 4) is 17.2 Å². The number of carbonyl (C=O) groups is 1. The number of thiazole rings is 1. The van der Waals surface area contributed by atoms with Crippen LogP contribution in [-0.2, 0) is 9.53 Å². The van der Waals surface area contributed by atoms with Crippen LogP contribution >= 0.6 is 27.3 Å². The quantitative estimate of drug-likeness (QED) is 0.297. The summed E-state index contributed by atoms with van der Waals surface area (Å²) in [4.78, 5) is 33.0. The van der Waals surface area contributed by atoms with Crippen LogP contribution in [0.15, 0.2) is 86.6 Å². The van der Waals surface area contributed by atoms with Crippen LogP contribution in [0.4, 0.5) is 0 Å². The van der Waals surface area contributed by atoms with Crippen molar-refractivity contribution in [2.24, 2.45) is 4.99 Å². The monoisotopic (exact) mass is 618 g/mol. The number of fused-ring (bicyclic) bond motifs is 2. The van der Waals surface area contributed by atoms with E-state index in [1.807, 2.05) is 54.6 Å². The Bertz CT molecular complexity index is 1840. The molecule has 0 spiro atoms. The fraction of sp³-hybridized carbons (Fsp3) is 0.167. The third kappa shape index (κ3) is 4.63. The number of benzene rings is 3. The van der Waals surface area contributed by atoms with Gasteiger partial charge in [0, 0.05) is 15.6 Å². The molecule has 0 saturated carbocycles. The fourth-order valence-corrected chi connectivity index (χ4v) is 6.17. The molecule has 8 nitrogen and oxygen atoms in total. The van der Waals surface area contributed by atoms with Gasteiger partial charge in [-0.3, -0.25) is 9.36 Å². The molecular formula is C30H23BrN2O6S. The average molecular weight is 619 g/mol. The summed E-state index contributed by atoms with van der Waals surface area (Å²) in [7, 11) is 1.58. The lowest BCUT2D eigenvalue weighted by molar-refractivity contribution is -0.138. The molecule has 0 N–H and O–H groups in total. The topological polar surface area (TPSA) is 88.4 Å². The van der Waals surface area contributed by atoms with Gasteiger partial charge in [-0.05, 0) is 48.9 Å². The van der Waals surface area contributed by atoms with Gasteiger partial charge in [0.1, 0.15) is 5.75 Å². The smallest absolute Gasteiger partial charge is 0.338 e. The summed E-state index contributed by atoms with van der Waals surface area (Å²) in [6.45, 7) is 2.02. The number of nitrogens with zero attached hydrogens (tertiary/aromatic N) is 2. The lowest BCUT2D eigenvalue weighted by atomic mass is 9.93. The maximum atomic E-state index is 14.1. The van der Waals surface area contributed by atoms with E-state index < -0.39 is 12.0 Å². The van der Waals surface area contributed by atoms with E-state index in [4.69, 9.17) is 23.9 Å². The molecule has 10 heteroatoms. The van der Waals surface area contributed by atoms with Crippen LogP contribution in [-0.4, -0.2) is 31.0 Å². The summed E-state index contributed by atoms with van der Waals surface area (Å²) in [5.41, 5.74) is 2.57. The summed E-state index contributed by atoms with van der Waals surface area (Å²) >= 11 is 4.74. The molecule has 1 atom stereocenters. The van der Waals surface area contributed by atoms with E-state index in [0.29, 0.717) is 37.8 Å². The Morgan fingerprint density at radius 3 is 2.70 bits per heavy atom. The highest BCUT2D eigenvalue weighted by atomic mass is 79.9. The largest absolute Gasteiger partial charge is 0.496 e. The molecule has 0 amide bonds. The number of hydrogen-bond acceptors (Lipinski definition) is 8. The first-order valence-corrected chi connectivity index (χ1v) is 14.1. The van der Waals surface area contributed by atoms with Crippen LogP contribution in [0.25, 0.3) is 11.8 Å². The molecule has 40 heavy (non-hydrogen) atoms. The molecular weight excluding hydrogens is 596 g/mol. The van der Waals surface area contributed by atoms with Crippen LogP contribution in [0.2, 0.25) is 0 Å². The standard InChI is InChI=1S/C30H23BrN2O6S/c1-3-37-29(35)25-26(17-7-5-4-6-8-17)32-30-33(27(25)18-9-11-22-23(14-18)39-16-38-22)28(34)24(40-30)15-19-13-20(31)10-12-21(19)36-2/h4-15,27H,3,16H2,1-2H3/b24-15+. The van der Waals surface area contributed by atoms with Crippen LogP contribution in [0.3, 0.4) is 0 Å². The fourth-order valence-electron chi connectivity index (χ4n) is 4.80. The molecule has 3 aromatic carbocycles. The van der Waals surface area contributed by atoms with Gasteiger partial charge >= 0.3 is 5.97 Å². The Morgan fingerprint density at radius 1 is 1.12 bits per heavy atom. The summed E-state index contributed by atoms with van der Waals surface area (Å²) in [5.74, 6) is 1.22. The maximum Gasteiger partial charge on any atom is 0.338 e. The van der Waals surface area contributed by atoms with Gasteiger partial charge in [-0.25, -0.2) is 9.79 Å². The first-order valence-electron chi connectivity index (χ1n) is 12.5. The van der Waals surface area contributed by atoms with Gasteiger partial charge in [-0.2, -0.15) is 0 Å². The first-order chi connectivity index (χ1) is 19.5. The van der Waals surface area contributed by atoms with Crippen molar-refractivity contribution in [3.05, 3.63) is 113 Å². The van der Waals surface area contributed by atoms with E-state index in [1.54, 1.807) is 36.8 Å². The highest BCUT2D eigenvalue weighted by molar-refractivity contribution is 9.10. The van der Waals surface area contributed by atoms with Gasteiger partial charge in [-0.1, -0.05) is 63.7 Å². The number of rotatable bonds is 6. The molecule has 1 unspecified atom stereocenters. The van der Waals surface area contributed by atoms with Gasteiger partial charge in [0.05, 0.1) is 35.6 Å². The van der Waals surface area contributed by atoms with Crippen molar-refractivity contribution in [2.45, 2.75) is 13.0 Å². The number of aromatic nitrogens is 1. The molecule has 202 valence electrons. The summed E-state index contributed by atoms with van der Waals surface area (Å²) in [5, 5.41) is 0. The SMILES string of the molecule is CCOC(=O)C1=C(c2ccccc2)N=c2s/c(=C/c3cc(Br)ccc3OC)c(=O)n2C1c1ccc2c(c1)OCO2. The van der Waals surface area contributed by atoms with Crippen molar-refractivity contribution in [1.82, 2.24) is 4.57 Å². The maximum absolute atomic E-state index is 14.1. The minimum absolute atomic E-state index is 0.103. The van der Waals surface area contributed by atoms with Crippen molar-refractivity contribution in [1.29, 1.82) is 0 Å². The zero-order valence-corrected chi connectivity index (χ0v) is 24.0. The van der Waals surface area contributed by atoms with E-state index in [9.17, 15) is 9.59 Å². The number of esters is 1. The van der Waals surface area contributed by atoms with E-state index in [1.165, 1.54) is 11.3 Å². The second kappa shape index (κ2) is 10.8. The molecule has 0 fully saturated rings. The summed E-state index contributed by atoms with van der Waals surface area (Å²) < 4.78 is 25.0. The summed E-state index contributed by atoms with van der Waals surface area (Å²) in [6, 6.07) is 19.6. The Balaban J connectivity index is 1.66. The van der Waals surface area contributed by atoms with Crippen molar-refractivity contribution in [3.63, 3.8) is 0 Å². The van der Waals surface area contributed by atoms with Crippen LogP contribution in [0, 0.1) is 0 Å². The molecule has 0 bridgehead atoms. The minimum Gasteiger partial charge on any atom is -0.496 e. The Morgan fingerprint density at radius 2 is 1.93 bits per heavy atom. The van der Waals surface area contributed by atoms with Gasteiger partial charge in [-0.15, -0.1) is 0 Å². The number of methoxy groups -OCH3 is 1. The van der Waals surface area contributed by atoms with Gasteiger partial charge < -0.3 is 18.9 Å². The van der Waals surface area contributed by atoms with Crippen molar-refractivity contribution in [2.75, 3.05) is 20.5 Å². The highest BCUT2D eigenvalue weighted by Crippen LogP contribution is 2.40. The molecule has 3 heterocycles. The number of halogens is 1. The van der Waals surface area contributed by atoms with E-state index in [0.717, 1.165) is 15.6 Å². The zero-order chi connectivity index (χ0) is 27.8. The lowest BCUT2D eigenvalue weighted by Gasteiger charge is -2.26. The average Bonchev–Trinajstić information content (AvgIpc) is 3.56. The Kier molecular flexibility index (Phi) is 7.03. The van der Waals surface area contributed by atoms with Gasteiger partial charge in [0.15, 0.2) is 16.3 Å². The normalized spacial score (nSPS) is 16.0. The zero-order valence-electron chi connectivity index (χ0n) is 21.5. The number of hydrogen-bond donors (Lipinski definition) is 0. The molecule has 1 aromatic heterocycles. The Hall–Kier alpha value is -4.15. The van der Waals surface area contributed by atoms with Crippen LogP contribution in [0.5, 0.6) is 17.2 Å². The second-order valence-electron chi connectivity index (χ2n) is 8.93. The third-order valence-corrected chi connectivity index (χ3v) is 8.04. The summed E-state index contributed by atoms with van der Waals surface area (Å²) in [6.07, 6.45) is 1.78. The molecule has 0 saturated heterocycles. The van der Waals surface area contributed by atoms with Crippen LogP contribution < -0.4 is 29.1 Å². The van der Waals surface area contributed by atoms with Crippen LogP contribution in [0.1, 0.15) is 29.7 Å². The highest BCUT2D eigenvalue weighted by Gasteiger charge is 2.36. The molecule has 0 radical (unpaired) electrons. The van der Waals surface area contributed by atoms with Gasteiger partial charge in [0.25, 0.3) is 5.56 Å².